The molecule has 3 aromatic carbocycles. The van der Waals surface area contributed by atoms with E-state index in [-0.39, 0.29) is 17.2 Å². The van der Waals surface area contributed by atoms with E-state index < -0.39 is 22.2 Å². The van der Waals surface area contributed by atoms with Crippen molar-refractivity contribution in [3.05, 3.63) is 94.0 Å². The summed E-state index contributed by atoms with van der Waals surface area (Å²) >= 11 is 1.46. The first-order chi connectivity index (χ1) is 18.3. The molecule has 0 fully saturated rings. The van der Waals surface area contributed by atoms with Gasteiger partial charge in [-0.25, -0.2) is 4.79 Å². The normalized spacial score (nSPS) is 17.1. The molecular formula is C28H29N3O6S. The number of esters is 1. The predicted octanol–water partition coefficient (Wildman–Crippen LogP) is 4.96. The summed E-state index contributed by atoms with van der Waals surface area (Å²) in [6.45, 7) is 1.24. The van der Waals surface area contributed by atoms with Crippen LogP contribution in [0.15, 0.2) is 77.7 Å². The van der Waals surface area contributed by atoms with Gasteiger partial charge >= 0.3 is 5.97 Å². The average molecular weight is 536 g/mol. The molecule has 4 rings (SSSR count). The summed E-state index contributed by atoms with van der Waals surface area (Å²) in [5.41, 5.74) is 1.56. The fourth-order valence-corrected chi connectivity index (χ4v) is 5.53. The largest absolute Gasteiger partial charge is 0.497 e. The average Bonchev–Trinajstić information content (AvgIpc) is 3.03. The van der Waals surface area contributed by atoms with E-state index in [0.717, 1.165) is 29.1 Å². The van der Waals surface area contributed by atoms with Crippen molar-refractivity contribution in [3.8, 4) is 5.75 Å². The number of hydrogen-bond donors (Lipinski definition) is 0. The van der Waals surface area contributed by atoms with Gasteiger partial charge in [0.1, 0.15) is 5.75 Å². The second kappa shape index (κ2) is 12.1. The Morgan fingerprint density at radius 2 is 1.74 bits per heavy atom. The van der Waals surface area contributed by atoms with Crippen LogP contribution in [0, 0.1) is 10.1 Å². The Bertz CT molecular complexity index is 1300. The lowest BCUT2D eigenvalue weighted by Gasteiger charge is -2.28. The number of rotatable bonds is 9. The molecule has 0 aliphatic carbocycles. The highest BCUT2D eigenvalue weighted by molar-refractivity contribution is 7.99. The molecule has 0 N–H and O–H groups in total. The van der Waals surface area contributed by atoms with Crippen LogP contribution in [0.2, 0.25) is 0 Å². The molecule has 0 spiro atoms. The maximum Gasteiger partial charge on any atom is 0.338 e. The number of benzene rings is 3. The Labute approximate surface area is 225 Å². The number of thioether (sulfide) groups is 1. The molecule has 38 heavy (non-hydrogen) atoms. The smallest absolute Gasteiger partial charge is 0.338 e. The maximum atomic E-state index is 14.1. The molecule has 1 aliphatic heterocycles. The number of nitro groups is 1. The molecule has 0 aromatic heterocycles. The van der Waals surface area contributed by atoms with Crippen molar-refractivity contribution in [3.63, 3.8) is 0 Å². The number of non-ortho nitro benzene ring substituents is 1. The highest BCUT2D eigenvalue weighted by atomic mass is 32.2. The number of amides is 1. The Morgan fingerprint density at radius 3 is 2.37 bits per heavy atom. The van der Waals surface area contributed by atoms with Gasteiger partial charge in [-0.05, 0) is 69.0 Å². The Kier molecular flexibility index (Phi) is 8.65. The second-order valence-corrected chi connectivity index (χ2v) is 10.2. The van der Waals surface area contributed by atoms with Gasteiger partial charge in [-0.1, -0.05) is 24.3 Å². The van der Waals surface area contributed by atoms with Crippen molar-refractivity contribution in [2.24, 2.45) is 0 Å². The zero-order chi connectivity index (χ0) is 27.2. The summed E-state index contributed by atoms with van der Waals surface area (Å²) in [6.07, 6.45) is -0.406. The zero-order valence-corrected chi connectivity index (χ0v) is 22.2. The zero-order valence-electron chi connectivity index (χ0n) is 21.4. The highest BCUT2D eigenvalue weighted by Crippen LogP contribution is 2.47. The van der Waals surface area contributed by atoms with Gasteiger partial charge in [0.05, 0.1) is 28.5 Å². The number of ether oxygens (including phenoxy) is 2. The predicted molar refractivity (Wildman–Crippen MR) is 146 cm³/mol. The highest BCUT2D eigenvalue weighted by Gasteiger charge is 2.41. The Hall–Kier alpha value is -3.89. The van der Waals surface area contributed by atoms with Crippen molar-refractivity contribution in [2.75, 3.05) is 39.2 Å². The summed E-state index contributed by atoms with van der Waals surface area (Å²) < 4.78 is 11.2. The Morgan fingerprint density at radius 1 is 1.05 bits per heavy atom. The molecule has 0 bridgehead atoms. The van der Waals surface area contributed by atoms with Crippen LogP contribution in [0.4, 0.5) is 11.4 Å². The summed E-state index contributed by atoms with van der Waals surface area (Å²) in [5.74, 6) is -0.377. The minimum Gasteiger partial charge on any atom is -0.497 e. The molecule has 0 saturated carbocycles. The van der Waals surface area contributed by atoms with Gasteiger partial charge in [-0.2, -0.15) is 0 Å². The van der Waals surface area contributed by atoms with E-state index in [1.54, 1.807) is 24.1 Å². The first-order valence-corrected chi connectivity index (χ1v) is 13.0. The lowest BCUT2D eigenvalue weighted by atomic mass is 10.0. The van der Waals surface area contributed by atoms with Crippen LogP contribution in [0.25, 0.3) is 0 Å². The third kappa shape index (κ3) is 6.15. The van der Waals surface area contributed by atoms with E-state index in [0.29, 0.717) is 12.3 Å². The van der Waals surface area contributed by atoms with Crippen LogP contribution in [0.1, 0.15) is 27.6 Å². The third-order valence-corrected chi connectivity index (χ3v) is 7.55. The minimum atomic E-state index is -1.14. The maximum absolute atomic E-state index is 14.1. The van der Waals surface area contributed by atoms with Gasteiger partial charge in [0, 0.05) is 23.6 Å². The number of nitro benzene ring substituents is 1. The summed E-state index contributed by atoms with van der Waals surface area (Å²) in [7, 11) is 5.53. The van der Waals surface area contributed by atoms with Crippen LogP contribution >= 0.6 is 11.8 Å². The van der Waals surface area contributed by atoms with E-state index in [1.807, 2.05) is 50.5 Å². The quantitative estimate of drug-likeness (QED) is 0.215. The number of methoxy groups -OCH3 is 1. The van der Waals surface area contributed by atoms with Crippen LogP contribution < -0.4 is 9.64 Å². The van der Waals surface area contributed by atoms with Crippen molar-refractivity contribution < 1.29 is 24.0 Å². The first-order valence-electron chi connectivity index (χ1n) is 12.1. The molecule has 9 nitrogen and oxygen atoms in total. The lowest BCUT2D eigenvalue weighted by Crippen LogP contribution is -2.43. The van der Waals surface area contributed by atoms with Crippen molar-refractivity contribution in [1.29, 1.82) is 0 Å². The van der Waals surface area contributed by atoms with Crippen molar-refractivity contribution >= 4 is 35.0 Å². The first kappa shape index (κ1) is 27.2. The van der Waals surface area contributed by atoms with E-state index in [9.17, 15) is 19.7 Å². The summed E-state index contributed by atoms with van der Waals surface area (Å²) in [6, 6.07) is 20.2. The molecule has 3 aromatic rings. The number of anilines is 1. The molecule has 1 amide bonds. The molecule has 10 heteroatoms. The third-order valence-electron chi connectivity index (χ3n) is 6.17. The minimum absolute atomic E-state index is 0.128. The molecular weight excluding hydrogens is 506 g/mol. The van der Waals surface area contributed by atoms with Gasteiger partial charge in [-0.3, -0.25) is 14.9 Å². The van der Waals surface area contributed by atoms with Crippen molar-refractivity contribution in [2.45, 2.75) is 22.7 Å². The monoisotopic (exact) mass is 535 g/mol. The molecule has 0 saturated heterocycles. The molecule has 1 heterocycles. The van der Waals surface area contributed by atoms with Crippen LogP contribution in [-0.4, -0.2) is 62.1 Å². The van der Waals surface area contributed by atoms with E-state index in [2.05, 4.69) is 4.90 Å². The fraction of sp³-hybridized carbons (Fsp3) is 0.286. The van der Waals surface area contributed by atoms with Gasteiger partial charge in [-0.15, -0.1) is 11.8 Å². The second-order valence-electron chi connectivity index (χ2n) is 9.06. The lowest BCUT2D eigenvalue weighted by molar-refractivity contribution is -0.384. The summed E-state index contributed by atoms with van der Waals surface area (Å²) in [4.78, 5) is 42.5. The fourth-order valence-electron chi connectivity index (χ4n) is 4.21. The topological polar surface area (TPSA) is 102 Å². The molecule has 198 valence electrons. The standard InChI is InChI=1S/C28H29N3O6S/c1-29(2)17-6-18-30-23-7-4-5-8-24(23)38-26(19-11-15-22(36-3)16-12-19)25(27(30)32)37-28(33)20-9-13-21(14-10-20)31(34)35/h4-5,7-16,25-26H,6,17-18H2,1-3H3. The van der Waals surface area contributed by atoms with E-state index in [1.165, 1.54) is 36.0 Å². The molecule has 1 aliphatic rings. The molecule has 2 unspecified atom stereocenters. The Balaban J connectivity index is 1.72. The van der Waals surface area contributed by atoms with Crippen LogP contribution in [0.3, 0.4) is 0 Å². The van der Waals surface area contributed by atoms with E-state index in [4.69, 9.17) is 9.47 Å². The SMILES string of the molecule is COc1ccc(C2Sc3ccccc3N(CCCN(C)C)C(=O)C2OC(=O)c2ccc([N+](=O)[O-])cc2)cc1. The number of fused-ring (bicyclic) bond motifs is 1. The molecule has 2 atom stereocenters. The molecule has 0 radical (unpaired) electrons. The van der Waals surface area contributed by atoms with Gasteiger partial charge < -0.3 is 19.3 Å². The summed E-state index contributed by atoms with van der Waals surface area (Å²) in [5, 5.41) is 10.5. The van der Waals surface area contributed by atoms with E-state index >= 15 is 0 Å². The number of nitrogens with zero attached hydrogens (tertiary/aromatic N) is 3. The van der Waals surface area contributed by atoms with Gasteiger partial charge in [0.15, 0.2) is 6.10 Å². The van der Waals surface area contributed by atoms with Gasteiger partial charge in [0.2, 0.25) is 0 Å². The number of hydrogen-bond acceptors (Lipinski definition) is 8. The van der Waals surface area contributed by atoms with Crippen molar-refractivity contribution in [1.82, 2.24) is 4.90 Å². The number of carbonyl (C=O) groups is 2. The van der Waals surface area contributed by atoms with Crippen LogP contribution in [0.5, 0.6) is 5.75 Å². The number of para-hydroxylation sites is 1. The van der Waals surface area contributed by atoms with Gasteiger partial charge in [0.25, 0.3) is 11.6 Å². The number of carbonyl (C=O) groups excluding carboxylic acids is 2. The van der Waals surface area contributed by atoms with Crippen LogP contribution in [-0.2, 0) is 9.53 Å².